The number of hydrogen-bond donors (Lipinski definition) is 2. The zero-order valence-corrected chi connectivity index (χ0v) is 17.2. The van der Waals surface area contributed by atoms with Crippen LogP contribution in [0.3, 0.4) is 0 Å². The quantitative estimate of drug-likeness (QED) is 0.637. The second-order valence-electron chi connectivity index (χ2n) is 7.67. The van der Waals surface area contributed by atoms with Gasteiger partial charge in [0.05, 0.1) is 6.42 Å². The van der Waals surface area contributed by atoms with Crippen LogP contribution in [-0.4, -0.2) is 39.9 Å². The lowest BCUT2D eigenvalue weighted by atomic mass is 10.1. The molecule has 4 rings (SSSR count). The van der Waals surface area contributed by atoms with Crippen LogP contribution in [-0.2, 0) is 17.8 Å². The number of phenols is 1. The molecule has 2 amide bonds. The van der Waals surface area contributed by atoms with Gasteiger partial charge in [-0.15, -0.1) is 0 Å². The van der Waals surface area contributed by atoms with E-state index >= 15 is 0 Å². The molecule has 0 radical (unpaired) electrons. The van der Waals surface area contributed by atoms with Crippen LogP contribution in [0.4, 0.5) is 0 Å². The van der Waals surface area contributed by atoms with E-state index in [1.54, 1.807) is 17.0 Å². The van der Waals surface area contributed by atoms with Crippen molar-refractivity contribution in [3.63, 3.8) is 0 Å². The maximum atomic E-state index is 12.6. The van der Waals surface area contributed by atoms with Crippen molar-refractivity contribution in [1.29, 1.82) is 0 Å². The minimum atomic E-state index is -0.128. The average molecular weight is 419 g/mol. The number of carbonyl (C=O) groups excluding carboxylic acids is 2. The van der Waals surface area contributed by atoms with Crippen LogP contribution in [0.15, 0.2) is 59.2 Å². The van der Waals surface area contributed by atoms with Crippen molar-refractivity contribution in [1.82, 2.24) is 15.2 Å². The second-order valence-corrected chi connectivity index (χ2v) is 7.67. The standard InChI is InChI=1S/C24H25N3O4/c28-21-14-18(23-26-20(16-31-23)24(30)27-11-5-2-6-12-27)9-10-19(21)15-25-22(29)13-17-7-3-1-4-8-17/h1,3-4,7-10,14,16,28H,2,5-6,11-13,15H2,(H,25,29). The zero-order valence-electron chi connectivity index (χ0n) is 17.2. The van der Waals surface area contributed by atoms with Crippen LogP contribution in [0, 0.1) is 0 Å². The minimum Gasteiger partial charge on any atom is -0.508 e. The Morgan fingerprint density at radius 1 is 1.06 bits per heavy atom. The molecule has 1 aliphatic heterocycles. The smallest absolute Gasteiger partial charge is 0.275 e. The van der Waals surface area contributed by atoms with Gasteiger partial charge in [0.1, 0.15) is 12.0 Å². The van der Waals surface area contributed by atoms with Crippen molar-refractivity contribution in [2.24, 2.45) is 0 Å². The molecule has 31 heavy (non-hydrogen) atoms. The van der Waals surface area contributed by atoms with E-state index < -0.39 is 0 Å². The number of rotatable bonds is 6. The van der Waals surface area contributed by atoms with Gasteiger partial charge < -0.3 is 19.7 Å². The molecule has 7 nitrogen and oxygen atoms in total. The summed E-state index contributed by atoms with van der Waals surface area (Å²) in [5.41, 5.74) is 2.35. The summed E-state index contributed by atoms with van der Waals surface area (Å²) in [6.07, 6.45) is 4.80. The van der Waals surface area contributed by atoms with Crippen molar-refractivity contribution in [3.8, 4) is 17.2 Å². The fraction of sp³-hybridized carbons (Fsp3) is 0.292. The summed E-state index contributed by atoms with van der Waals surface area (Å²) in [7, 11) is 0. The van der Waals surface area contributed by atoms with Gasteiger partial charge in [-0.2, -0.15) is 0 Å². The third-order valence-electron chi connectivity index (χ3n) is 5.38. The van der Waals surface area contributed by atoms with E-state index in [4.69, 9.17) is 4.42 Å². The van der Waals surface area contributed by atoms with Gasteiger partial charge in [-0.05, 0) is 37.0 Å². The van der Waals surface area contributed by atoms with E-state index in [1.165, 1.54) is 12.3 Å². The monoisotopic (exact) mass is 419 g/mol. The number of piperidine rings is 1. The number of nitrogens with one attached hydrogen (secondary N) is 1. The van der Waals surface area contributed by atoms with E-state index in [9.17, 15) is 14.7 Å². The van der Waals surface area contributed by atoms with Crippen LogP contribution in [0.25, 0.3) is 11.5 Å². The first-order valence-corrected chi connectivity index (χ1v) is 10.5. The van der Waals surface area contributed by atoms with Gasteiger partial charge >= 0.3 is 0 Å². The van der Waals surface area contributed by atoms with E-state index in [2.05, 4.69) is 10.3 Å². The number of hydrogen-bond acceptors (Lipinski definition) is 5. The number of aromatic nitrogens is 1. The lowest BCUT2D eigenvalue weighted by molar-refractivity contribution is -0.120. The first kappa shape index (κ1) is 20.7. The fourth-order valence-electron chi connectivity index (χ4n) is 3.65. The Bertz CT molecular complexity index is 1060. The summed E-state index contributed by atoms with van der Waals surface area (Å²) in [4.78, 5) is 30.8. The number of carbonyl (C=O) groups is 2. The second kappa shape index (κ2) is 9.47. The molecule has 1 fully saturated rings. The Kier molecular flexibility index (Phi) is 6.31. The zero-order chi connectivity index (χ0) is 21.6. The maximum Gasteiger partial charge on any atom is 0.275 e. The number of oxazole rings is 1. The van der Waals surface area contributed by atoms with Gasteiger partial charge in [0.15, 0.2) is 5.69 Å². The van der Waals surface area contributed by atoms with Gasteiger partial charge in [-0.25, -0.2) is 4.98 Å². The highest BCUT2D eigenvalue weighted by Crippen LogP contribution is 2.26. The Morgan fingerprint density at radius 3 is 2.58 bits per heavy atom. The summed E-state index contributed by atoms with van der Waals surface area (Å²) in [5.74, 6) is 0.0508. The number of phenolic OH excluding ortho intramolecular Hbond substituents is 1. The van der Waals surface area contributed by atoms with E-state index in [0.29, 0.717) is 11.1 Å². The third-order valence-corrected chi connectivity index (χ3v) is 5.38. The van der Waals surface area contributed by atoms with Gasteiger partial charge in [0.25, 0.3) is 5.91 Å². The molecule has 2 N–H and O–H groups in total. The van der Waals surface area contributed by atoms with Crippen LogP contribution >= 0.6 is 0 Å². The molecule has 1 aliphatic rings. The highest BCUT2D eigenvalue weighted by molar-refractivity contribution is 5.92. The third kappa shape index (κ3) is 5.12. The topological polar surface area (TPSA) is 95.7 Å². The highest BCUT2D eigenvalue weighted by Gasteiger charge is 2.22. The first-order chi connectivity index (χ1) is 15.1. The molecular weight excluding hydrogens is 394 g/mol. The predicted molar refractivity (Wildman–Crippen MR) is 115 cm³/mol. The molecule has 3 aromatic rings. The summed E-state index contributed by atoms with van der Waals surface area (Å²) < 4.78 is 5.48. The van der Waals surface area contributed by atoms with Crippen molar-refractivity contribution in [2.45, 2.75) is 32.2 Å². The summed E-state index contributed by atoms with van der Waals surface area (Å²) in [6.45, 7) is 1.70. The highest BCUT2D eigenvalue weighted by atomic mass is 16.3. The largest absolute Gasteiger partial charge is 0.508 e. The molecule has 7 heteroatoms. The van der Waals surface area contributed by atoms with Gasteiger partial charge in [0.2, 0.25) is 11.8 Å². The molecule has 0 unspecified atom stereocenters. The molecule has 0 atom stereocenters. The Labute approximate surface area is 180 Å². The molecule has 0 bridgehead atoms. The Balaban J connectivity index is 1.38. The van der Waals surface area contributed by atoms with E-state index in [0.717, 1.165) is 37.9 Å². The van der Waals surface area contributed by atoms with Crippen molar-refractivity contribution in [3.05, 3.63) is 71.6 Å². The molecule has 2 heterocycles. The molecule has 1 aromatic heterocycles. The molecule has 2 aromatic carbocycles. The normalized spacial score (nSPS) is 13.7. The lowest BCUT2D eigenvalue weighted by Crippen LogP contribution is -2.35. The first-order valence-electron chi connectivity index (χ1n) is 10.5. The average Bonchev–Trinajstić information content (AvgIpc) is 3.29. The number of likely N-dealkylation sites (tertiary alicyclic amines) is 1. The fourth-order valence-corrected chi connectivity index (χ4v) is 3.65. The van der Waals surface area contributed by atoms with E-state index in [1.807, 2.05) is 30.3 Å². The lowest BCUT2D eigenvalue weighted by Gasteiger charge is -2.25. The Morgan fingerprint density at radius 2 is 1.84 bits per heavy atom. The SMILES string of the molecule is O=C(Cc1ccccc1)NCc1ccc(-c2nc(C(=O)N3CCCCC3)co2)cc1O. The van der Waals surface area contributed by atoms with Gasteiger partial charge in [-0.3, -0.25) is 9.59 Å². The molecule has 160 valence electrons. The van der Waals surface area contributed by atoms with E-state index in [-0.39, 0.29) is 42.1 Å². The van der Waals surface area contributed by atoms with Crippen LogP contribution < -0.4 is 5.32 Å². The molecule has 0 aliphatic carbocycles. The number of benzene rings is 2. The van der Waals surface area contributed by atoms with Crippen molar-refractivity contribution >= 4 is 11.8 Å². The summed E-state index contributed by atoms with van der Waals surface area (Å²) in [6, 6.07) is 14.5. The van der Waals surface area contributed by atoms with Crippen LogP contribution in [0.2, 0.25) is 0 Å². The maximum absolute atomic E-state index is 12.6. The van der Waals surface area contributed by atoms with Crippen molar-refractivity contribution in [2.75, 3.05) is 13.1 Å². The van der Waals surface area contributed by atoms with Gasteiger partial charge in [0, 0.05) is 30.8 Å². The Hall–Kier alpha value is -3.61. The molecule has 1 saturated heterocycles. The van der Waals surface area contributed by atoms with Crippen LogP contribution in [0.5, 0.6) is 5.75 Å². The number of aromatic hydroxyl groups is 1. The number of amides is 2. The van der Waals surface area contributed by atoms with Crippen LogP contribution in [0.1, 0.15) is 40.9 Å². The van der Waals surface area contributed by atoms with Gasteiger partial charge in [-0.1, -0.05) is 36.4 Å². The summed E-state index contributed by atoms with van der Waals surface area (Å²) in [5, 5.41) is 13.2. The molecule has 0 spiro atoms. The van der Waals surface area contributed by atoms with Crippen molar-refractivity contribution < 1.29 is 19.1 Å². The predicted octanol–water partition coefficient (Wildman–Crippen LogP) is 3.53. The molecular formula is C24H25N3O4. The molecule has 0 saturated carbocycles. The minimum absolute atomic E-state index is 0.0274. The summed E-state index contributed by atoms with van der Waals surface area (Å²) >= 11 is 0. The number of nitrogens with zero attached hydrogens (tertiary/aromatic N) is 2.